The maximum Gasteiger partial charge on any atom is 0.240 e. The van der Waals surface area contributed by atoms with Crippen molar-refractivity contribution >= 4 is 0 Å². The van der Waals surface area contributed by atoms with Crippen LogP contribution in [-0.2, 0) is 13.0 Å². The number of likely N-dealkylation sites (tertiary alicyclic amines) is 1. The third-order valence-corrected chi connectivity index (χ3v) is 3.76. The van der Waals surface area contributed by atoms with Crippen molar-refractivity contribution in [3.63, 3.8) is 0 Å². The Morgan fingerprint density at radius 3 is 3.16 bits per heavy atom. The highest BCUT2D eigenvalue weighted by molar-refractivity contribution is 4.87. The summed E-state index contributed by atoms with van der Waals surface area (Å²) in [6.45, 7) is 5.33. The lowest BCUT2D eigenvalue weighted by molar-refractivity contribution is 0.130. The summed E-state index contributed by atoms with van der Waals surface area (Å²) in [5.74, 6) is 2.18. The molecule has 1 fully saturated rings. The maximum absolute atomic E-state index is 9.02. The van der Waals surface area contributed by atoms with Gasteiger partial charge in [0.05, 0.1) is 6.54 Å². The summed E-state index contributed by atoms with van der Waals surface area (Å²) in [5, 5.41) is 13.0. The van der Waals surface area contributed by atoms with Gasteiger partial charge >= 0.3 is 0 Å². The minimum Gasteiger partial charge on any atom is -0.396 e. The number of hydrogen-bond acceptors (Lipinski definition) is 5. The highest BCUT2D eigenvalue weighted by Crippen LogP contribution is 2.20. The summed E-state index contributed by atoms with van der Waals surface area (Å²) in [7, 11) is 0. The van der Waals surface area contributed by atoms with Gasteiger partial charge < -0.3 is 9.63 Å². The third kappa shape index (κ3) is 4.58. The SMILES string of the molecule is CCCCc1noc(CN2CCCC(CCO)C2)n1. The Labute approximate surface area is 115 Å². The molecule has 1 aliphatic rings. The fraction of sp³-hybridized carbons (Fsp3) is 0.857. The van der Waals surface area contributed by atoms with Crippen molar-refractivity contribution in [1.29, 1.82) is 0 Å². The topological polar surface area (TPSA) is 62.4 Å². The Hall–Kier alpha value is -0.940. The third-order valence-electron chi connectivity index (χ3n) is 3.76. The van der Waals surface area contributed by atoms with Crippen molar-refractivity contribution in [3.05, 3.63) is 11.7 Å². The molecule has 2 heterocycles. The van der Waals surface area contributed by atoms with Crippen LogP contribution in [0.5, 0.6) is 0 Å². The molecule has 19 heavy (non-hydrogen) atoms. The minimum absolute atomic E-state index is 0.292. The van der Waals surface area contributed by atoms with Crippen LogP contribution in [-0.4, -0.2) is 39.8 Å². The summed E-state index contributed by atoms with van der Waals surface area (Å²) in [6, 6.07) is 0. The van der Waals surface area contributed by atoms with Crippen molar-refractivity contribution in [2.45, 2.75) is 52.0 Å². The molecule has 1 saturated heterocycles. The summed E-state index contributed by atoms with van der Waals surface area (Å²) >= 11 is 0. The fourth-order valence-electron chi connectivity index (χ4n) is 2.70. The average molecular weight is 267 g/mol. The molecule has 5 nitrogen and oxygen atoms in total. The van der Waals surface area contributed by atoms with Crippen LogP contribution in [0.25, 0.3) is 0 Å². The number of nitrogens with zero attached hydrogens (tertiary/aromatic N) is 3. The highest BCUT2D eigenvalue weighted by atomic mass is 16.5. The predicted molar refractivity (Wildman–Crippen MR) is 72.6 cm³/mol. The number of aliphatic hydroxyl groups excluding tert-OH is 1. The lowest BCUT2D eigenvalue weighted by Gasteiger charge is -2.31. The smallest absolute Gasteiger partial charge is 0.240 e. The molecule has 0 saturated carbocycles. The van der Waals surface area contributed by atoms with Crippen molar-refractivity contribution in [1.82, 2.24) is 15.0 Å². The Kier molecular flexibility index (Phi) is 5.79. The normalized spacial score (nSPS) is 20.8. The largest absolute Gasteiger partial charge is 0.396 e. The Balaban J connectivity index is 1.81. The monoisotopic (exact) mass is 267 g/mol. The molecule has 0 aliphatic carbocycles. The van der Waals surface area contributed by atoms with Gasteiger partial charge in [-0.15, -0.1) is 0 Å². The second-order valence-electron chi connectivity index (χ2n) is 5.46. The van der Waals surface area contributed by atoms with Gasteiger partial charge in [0, 0.05) is 19.6 Å². The van der Waals surface area contributed by atoms with Crippen LogP contribution in [0.3, 0.4) is 0 Å². The van der Waals surface area contributed by atoms with Gasteiger partial charge in [0.15, 0.2) is 5.82 Å². The summed E-state index contributed by atoms with van der Waals surface area (Å²) in [5.41, 5.74) is 0. The number of aliphatic hydroxyl groups is 1. The molecule has 1 unspecified atom stereocenters. The lowest BCUT2D eigenvalue weighted by atomic mass is 9.95. The molecule has 5 heteroatoms. The molecule has 0 radical (unpaired) electrons. The van der Waals surface area contributed by atoms with Crippen LogP contribution < -0.4 is 0 Å². The van der Waals surface area contributed by atoms with E-state index in [2.05, 4.69) is 22.0 Å². The zero-order valence-electron chi connectivity index (χ0n) is 11.8. The molecule has 0 spiro atoms. The summed E-state index contributed by atoms with van der Waals surface area (Å²) in [4.78, 5) is 6.81. The number of hydrogen-bond donors (Lipinski definition) is 1. The highest BCUT2D eigenvalue weighted by Gasteiger charge is 2.21. The molecule has 108 valence electrons. The van der Waals surface area contributed by atoms with E-state index in [-0.39, 0.29) is 0 Å². The molecule has 1 aromatic heterocycles. The number of unbranched alkanes of at least 4 members (excludes halogenated alkanes) is 1. The van der Waals surface area contributed by atoms with E-state index in [1.54, 1.807) is 0 Å². The van der Waals surface area contributed by atoms with Gasteiger partial charge in [0.1, 0.15) is 0 Å². The second-order valence-corrected chi connectivity index (χ2v) is 5.46. The van der Waals surface area contributed by atoms with E-state index >= 15 is 0 Å². The quantitative estimate of drug-likeness (QED) is 0.818. The number of aryl methyl sites for hydroxylation is 1. The Bertz CT molecular complexity index is 365. The number of rotatable bonds is 7. The van der Waals surface area contributed by atoms with Crippen molar-refractivity contribution < 1.29 is 9.63 Å². The van der Waals surface area contributed by atoms with Gasteiger partial charge in [-0.25, -0.2) is 0 Å². The van der Waals surface area contributed by atoms with Crippen molar-refractivity contribution in [2.75, 3.05) is 19.7 Å². The predicted octanol–water partition coefficient (Wildman–Crippen LogP) is 2.01. The van der Waals surface area contributed by atoms with Crippen LogP contribution in [0.2, 0.25) is 0 Å². The van der Waals surface area contributed by atoms with Gasteiger partial charge in [-0.05, 0) is 38.1 Å². The molecular weight excluding hydrogens is 242 g/mol. The van der Waals surface area contributed by atoms with Crippen LogP contribution in [0.4, 0.5) is 0 Å². The van der Waals surface area contributed by atoms with Crippen molar-refractivity contribution in [2.24, 2.45) is 5.92 Å². The molecule has 0 bridgehead atoms. The van der Waals surface area contributed by atoms with Gasteiger partial charge in [0.25, 0.3) is 0 Å². The molecule has 1 aromatic rings. The van der Waals surface area contributed by atoms with E-state index in [0.29, 0.717) is 12.5 Å². The first-order chi connectivity index (χ1) is 9.31. The Morgan fingerprint density at radius 2 is 2.37 bits per heavy atom. The second kappa shape index (κ2) is 7.60. The van der Waals surface area contributed by atoms with Crippen LogP contribution in [0.1, 0.15) is 50.7 Å². The Morgan fingerprint density at radius 1 is 1.47 bits per heavy atom. The average Bonchev–Trinajstić information content (AvgIpc) is 2.85. The molecule has 0 aromatic carbocycles. The van der Waals surface area contributed by atoms with Gasteiger partial charge in [-0.2, -0.15) is 4.98 Å². The molecular formula is C14H25N3O2. The van der Waals surface area contributed by atoms with Crippen molar-refractivity contribution in [3.8, 4) is 0 Å². The first kappa shape index (κ1) is 14.5. The summed E-state index contributed by atoms with van der Waals surface area (Å²) in [6.07, 6.45) is 6.50. The van der Waals surface area contributed by atoms with Gasteiger partial charge in [0.2, 0.25) is 5.89 Å². The van der Waals surface area contributed by atoms with E-state index in [1.807, 2.05) is 0 Å². The van der Waals surface area contributed by atoms with E-state index in [0.717, 1.165) is 57.0 Å². The van der Waals surface area contributed by atoms with E-state index in [9.17, 15) is 0 Å². The first-order valence-corrected chi connectivity index (χ1v) is 7.46. The first-order valence-electron chi connectivity index (χ1n) is 7.46. The molecule has 1 aliphatic heterocycles. The lowest BCUT2D eigenvalue weighted by Crippen LogP contribution is -2.35. The van der Waals surface area contributed by atoms with Crippen LogP contribution in [0.15, 0.2) is 4.52 Å². The minimum atomic E-state index is 0.292. The zero-order valence-corrected chi connectivity index (χ0v) is 11.8. The van der Waals surface area contributed by atoms with E-state index < -0.39 is 0 Å². The van der Waals surface area contributed by atoms with Crippen LogP contribution >= 0.6 is 0 Å². The van der Waals surface area contributed by atoms with E-state index in [1.165, 1.54) is 12.8 Å². The molecule has 1 atom stereocenters. The number of aromatic nitrogens is 2. The van der Waals surface area contributed by atoms with E-state index in [4.69, 9.17) is 9.63 Å². The van der Waals surface area contributed by atoms with Gasteiger partial charge in [-0.3, -0.25) is 4.90 Å². The number of piperidine rings is 1. The van der Waals surface area contributed by atoms with Crippen LogP contribution in [0, 0.1) is 5.92 Å². The van der Waals surface area contributed by atoms with Gasteiger partial charge in [-0.1, -0.05) is 18.5 Å². The molecule has 2 rings (SSSR count). The molecule has 0 amide bonds. The fourth-order valence-corrected chi connectivity index (χ4v) is 2.70. The maximum atomic E-state index is 9.02. The standard InChI is InChI=1S/C14H25N3O2/c1-2-3-6-13-15-14(19-16-13)11-17-8-4-5-12(10-17)7-9-18/h12,18H,2-11H2,1H3. The zero-order chi connectivity index (χ0) is 13.5. The summed E-state index contributed by atoms with van der Waals surface area (Å²) < 4.78 is 5.31. The molecule has 1 N–H and O–H groups in total.